The summed E-state index contributed by atoms with van der Waals surface area (Å²) in [6.07, 6.45) is 3.75. The second kappa shape index (κ2) is 9.64. The molecule has 1 aliphatic rings. The molecule has 34 heavy (non-hydrogen) atoms. The van der Waals surface area contributed by atoms with Crippen LogP contribution in [-0.4, -0.2) is 74.9 Å². The van der Waals surface area contributed by atoms with E-state index in [9.17, 15) is 43.8 Å². The molecule has 16 heteroatoms. The molecule has 2 aromatic rings. The molecule has 0 aliphatic heterocycles. The zero-order valence-corrected chi connectivity index (χ0v) is 20.7. The minimum absolute atomic E-state index is 0.0442. The van der Waals surface area contributed by atoms with Gasteiger partial charge in [-0.05, 0) is 29.7 Å². The number of aliphatic hydroxyl groups is 1. The number of aromatic hydroxyl groups is 1. The number of allylic oxidation sites excluding steroid dienone is 2. The normalized spacial score (nSPS) is 20.5. The Hall–Kier alpha value is -2.49. The molecule has 2 unspecified atom stereocenters. The van der Waals surface area contributed by atoms with Gasteiger partial charge in [0.15, 0.2) is 0 Å². The molecule has 7 N–H and O–H groups in total. The number of fused-ring (bicyclic) bond motifs is 1. The van der Waals surface area contributed by atoms with Gasteiger partial charge in [-0.3, -0.25) is 9.11 Å². The van der Waals surface area contributed by atoms with Crippen molar-refractivity contribution in [3.05, 3.63) is 54.6 Å². The number of amides is 1. The summed E-state index contributed by atoms with van der Waals surface area (Å²) in [6, 6.07) is 5.08. The summed E-state index contributed by atoms with van der Waals surface area (Å²) in [5.74, 6) is -1.05. The SMILES string of the molecule is CC(=O)NC1([As](=O)(O)O)C=CC=CC1O.O=S(=O)(O)c1ccc2c(O)cc(S(=O)(=O)O)cc2c1. The summed E-state index contributed by atoms with van der Waals surface area (Å²) in [7, 11) is -8.99. The first kappa shape index (κ1) is 27.8. The molecule has 1 amide bonds. The van der Waals surface area contributed by atoms with Crippen LogP contribution < -0.4 is 5.32 Å². The van der Waals surface area contributed by atoms with E-state index in [-0.39, 0.29) is 10.8 Å². The largest absolute Gasteiger partial charge is 0.507 e. The van der Waals surface area contributed by atoms with E-state index in [1.807, 2.05) is 0 Å². The van der Waals surface area contributed by atoms with Crippen LogP contribution in [0.5, 0.6) is 5.75 Å². The van der Waals surface area contributed by atoms with E-state index < -0.39 is 66.3 Å². The maximum absolute atomic E-state index is 11.3. The smallest absolute Gasteiger partial charge is 0.294 e. The van der Waals surface area contributed by atoms with Crippen molar-refractivity contribution in [3.8, 4) is 5.75 Å². The predicted octanol–water partition coefficient (Wildman–Crippen LogP) is -0.720. The molecular weight excluding hydrogens is 561 g/mol. The Balaban J connectivity index is 0.000000248. The second-order valence-electron chi connectivity index (χ2n) is 7.01. The average Bonchev–Trinajstić information content (AvgIpc) is 2.67. The van der Waals surface area contributed by atoms with E-state index in [4.69, 9.17) is 9.11 Å². The molecule has 13 nitrogen and oxygen atoms in total. The second-order valence-corrected chi connectivity index (χ2v) is 13.7. The number of rotatable bonds is 4. The topological polar surface area (TPSA) is 236 Å². The van der Waals surface area contributed by atoms with Gasteiger partial charge < -0.3 is 5.11 Å². The molecule has 0 radical (unpaired) electrons. The number of phenolic OH excluding ortho intramolecular Hbond substituents is 1. The molecule has 0 saturated carbocycles. The monoisotopic (exact) mass is 581 g/mol. The van der Waals surface area contributed by atoms with E-state index in [0.717, 1.165) is 37.3 Å². The zero-order valence-electron chi connectivity index (χ0n) is 17.2. The predicted molar refractivity (Wildman–Crippen MR) is 117 cm³/mol. The third-order valence-electron chi connectivity index (χ3n) is 4.54. The van der Waals surface area contributed by atoms with Crippen molar-refractivity contribution in [2.75, 3.05) is 0 Å². The molecule has 186 valence electrons. The van der Waals surface area contributed by atoms with E-state index in [1.54, 1.807) is 0 Å². The maximum atomic E-state index is 11.3. The van der Waals surface area contributed by atoms with Crippen LogP contribution in [0.2, 0.25) is 0 Å². The summed E-state index contributed by atoms with van der Waals surface area (Å²) in [6.45, 7) is 1.13. The summed E-state index contributed by atoms with van der Waals surface area (Å²) >= 11 is -5.36. The maximum Gasteiger partial charge on any atom is 0.294 e. The first-order valence-corrected chi connectivity index (χ1v) is 15.2. The van der Waals surface area contributed by atoms with Crippen LogP contribution in [0.3, 0.4) is 0 Å². The Kier molecular flexibility index (Phi) is 7.86. The third-order valence-corrected chi connectivity index (χ3v) is 9.34. The van der Waals surface area contributed by atoms with Crippen LogP contribution >= 0.6 is 0 Å². The quantitative estimate of drug-likeness (QED) is 0.175. The number of benzene rings is 2. The van der Waals surface area contributed by atoms with Gasteiger partial charge in [0.1, 0.15) is 5.75 Å². The molecule has 2 aromatic carbocycles. The van der Waals surface area contributed by atoms with Gasteiger partial charge in [0, 0.05) is 11.5 Å². The summed E-state index contributed by atoms with van der Waals surface area (Å²) < 4.78 is 89.5. The van der Waals surface area contributed by atoms with Crippen LogP contribution in [0.25, 0.3) is 10.8 Å². The Bertz CT molecular complexity index is 1440. The first-order valence-electron chi connectivity index (χ1n) is 8.99. The summed E-state index contributed by atoms with van der Waals surface area (Å²) in [5.41, 5.74) is 0. The van der Waals surface area contributed by atoms with Crippen molar-refractivity contribution < 1.29 is 52.9 Å². The van der Waals surface area contributed by atoms with Gasteiger partial charge in [-0.1, -0.05) is 0 Å². The molecule has 1 aliphatic carbocycles. The molecule has 0 heterocycles. The molecule has 3 rings (SSSR count). The fourth-order valence-electron chi connectivity index (χ4n) is 2.97. The summed E-state index contributed by atoms with van der Waals surface area (Å²) in [4.78, 5) is 9.86. The van der Waals surface area contributed by atoms with Crippen molar-refractivity contribution in [2.24, 2.45) is 0 Å². The number of hydrogen-bond donors (Lipinski definition) is 7. The van der Waals surface area contributed by atoms with Crippen LogP contribution in [0.1, 0.15) is 6.92 Å². The Morgan fingerprint density at radius 1 is 1.00 bits per heavy atom. The fraction of sp³-hybridized carbons (Fsp3) is 0.167. The van der Waals surface area contributed by atoms with Gasteiger partial charge in [0.2, 0.25) is 0 Å². The minimum atomic E-state index is -5.36. The molecule has 2 atom stereocenters. The van der Waals surface area contributed by atoms with Gasteiger partial charge in [-0.15, -0.1) is 0 Å². The first-order chi connectivity index (χ1) is 15.4. The molecule has 0 spiro atoms. The Morgan fingerprint density at radius 3 is 2.03 bits per heavy atom. The van der Waals surface area contributed by atoms with E-state index in [2.05, 4.69) is 5.32 Å². The van der Waals surface area contributed by atoms with E-state index >= 15 is 0 Å². The van der Waals surface area contributed by atoms with Crippen molar-refractivity contribution in [2.45, 2.75) is 27.1 Å². The standard InChI is InChI=1S/C10H8O7S2.C8H12AsNO5/c11-10-5-8(19(15,16)17)4-6-3-7(18(12,13)14)1-2-9(6)10;1-6(11)10-8(9(13,14)15)5-3-2-4-7(8)12/h1-5,11H,(H,12,13,14)(H,15,16,17);2-5,7,12H,1H3,(H,10,11)(H2,13,14,15). The average molecular weight is 581 g/mol. The number of aliphatic hydroxyl groups excluding tert-OH is 1. The zero-order chi connectivity index (χ0) is 26.1. The van der Waals surface area contributed by atoms with E-state index in [0.29, 0.717) is 0 Å². The van der Waals surface area contributed by atoms with Crippen molar-refractivity contribution >= 4 is 51.1 Å². The number of phenols is 1. The number of carbonyl (C=O) groups is 1. The van der Waals surface area contributed by atoms with Gasteiger partial charge in [0.25, 0.3) is 20.2 Å². The van der Waals surface area contributed by atoms with Gasteiger partial charge >= 0.3 is 88.9 Å². The molecule has 0 aromatic heterocycles. The van der Waals surface area contributed by atoms with Crippen molar-refractivity contribution in [1.82, 2.24) is 5.32 Å². The molecular formula is C18H20AsNO12S2. The van der Waals surface area contributed by atoms with Crippen molar-refractivity contribution in [1.29, 1.82) is 0 Å². The molecule has 0 fully saturated rings. The Morgan fingerprint density at radius 2 is 1.56 bits per heavy atom. The number of hydrogen-bond acceptors (Lipinski definition) is 8. The summed E-state index contributed by atoms with van der Waals surface area (Å²) in [5, 5.41) is 21.5. The van der Waals surface area contributed by atoms with Crippen LogP contribution in [0.4, 0.5) is 0 Å². The van der Waals surface area contributed by atoms with Crippen LogP contribution in [0, 0.1) is 0 Å². The van der Waals surface area contributed by atoms with E-state index in [1.165, 1.54) is 24.3 Å². The van der Waals surface area contributed by atoms with Gasteiger partial charge in [0.05, 0.1) is 9.79 Å². The van der Waals surface area contributed by atoms with Crippen molar-refractivity contribution in [3.63, 3.8) is 0 Å². The molecule has 0 bridgehead atoms. The third kappa shape index (κ3) is 6.14. The number of nitrogens with one attached hydrogen (secondary N) is 1. The van der Waals surface area contributed by atoms with Crippen LogP contribution in [0.15, 0.2) is 64.4 Å². The minimum Gasteiger partial charge on any atom is -0.507 e. The number of carbonyl (C=O) groups excluding carboxylic acids is 1. The molecule has 0 saturated heterocycles. The Labute approximate surface area is 196 Å². The van der Waals surface area contributed by atoms with Gasteiger partial charge in [-0.25, -0.2) is 0 Å². The van der Waals surface area contributed by atoms with Crippen LogP contribution in [-0.2, 0) is 28.8 Å². The van der Waals surface area contributed by atoms with Gasteiger partial charge in [-0.2, -0.15) is 16.8 Å². The fourth-order valence-corrected chi connectivity index (χ4v) is 6.15.